The second kappa shape index (κ2) is 5.94. The van der Waals surface area contributed by atoms with Crippen LogP contribution < -0.4 is 4.74 Å². The van der Waals surface area contributed by atoms with Crippen molar-refractivity contribution in [3.05, 3.63) is 53.6 Å². The van der Waals surface area contributed by atoms with Gasteiger partial charge in [0.1, 0.15) is 12.4 Å². The molecule has 0 aliphatic carbocycles. The van der Waals surface area contributed by atoms with E-state index in [2.05, 4.69) is 6.07 Å². The zero-order chi connectivity index (χ0) is 18.4. The molecular weight excluding hydrogens is 330 g/mol. The largest absolute Gasteiger partial charge is 0.459 e. The van der Waals surface area contributed by atoms with Crippen molar-refractivity contribution in [3.8, 4) is 22.9 Å². The van der Waals surface area contributed by atoms with E-state index in [0.717, 1.165) is 11.1 Å². The fourth-order valence-electron chi connectivity index (χ4n) is 3.22. The molecule has 1 atom stereocenters. The number of nitrogens with zero attached hydrogens (tertiary/aromatic N) is 1. The van der Waals surface area contributed by atoms with Crippen LogP contribution in [0.5, 0.6) is 5.75 Å². The standard InChI is InChI=1S/C21H19NO4/c1-20(2)12-25-21(13-24-20)10-18(23)17-9-16(6-7-19(17)26-21)15-5-3-4-14(8-15)11-22/h3-9H,10,12-13H2,1-2H3. The molecular formula is C21H19NO4. The Kier molecular flexibility index (Phi) is 3.83. The number of fused-ring (bicyclic) bond motifs is 1. The lowest BCUT2D eigenvalue weighted by atomic mass is 9.93. The topological polar surface area (TPSA) is 68.5 Å². The van der Waals surface area contributed by atoms with Crippen LogP contribution in [-0.2, 0) is 9.47 Å². The van der Waals surface area contributed by atoms with Crippen LogP contribution in [0.3, 0.4) is 0 Å². The number of rotatable bonds is 1. The van der Waals surface area contributed by atoms with E-state index < -0.39 is 5.79 Å². The number of carbonyl (C=O) groups excluding carboxylic acids is 1. The summed E-state index contributed by atoms with van der Waals surface area (Å²) < 4.78 is 17.7. The van der Waals surface area contributed by atoms with Crippen molar-refractivity contribution in [3.63, 3.8) is 0 Å². The molecule has 0 amide bonds. The van der Waals surface area contributed by atoms with Gasteiger partial charge in [0.2, 0.25) is 5.79 Å². The van der Waals surface area contributed by atoms with E-state index >= 15 is 0 Å². The van der Waals surface area contributed by atoms with Crippen molar-refractivity contribution in [1.82, 2.24) is 0 Å². The van der Waals surface area contributed by atoms with Crippen LogP contribution in [-0.4, -0.2) is 30.4 Å². The maximum Gasteiger partial charge on any atom is 0.241 e. The molecule has 5 nitrogen and oxygen atoms in total. The Morgan fingerprint density at radius 3 is 2.58 bits per heavy atom. The third-order valence-corrected chi connectivity index (χ3v) is 4.70. The van der Waals surface area contributed by atoms with Gasteiger partial charge in [0.15, 0.2) is 5.78 Å². The first-order chi connectivity index (χ1) is 12.4. The maximum atomic E-state index is 12.8. The highest BCUT2D eigenvalue weighted by Crippen LogP contribution is 2.39. The smallest absolute Gasteiger partial charge is 0.241 e. The molecule has 1 saturated heterocycles. The minimum absolute atomic E-state index is 0.0344. The Bertz CT molecular complexity index is 916. The fourth-order valence-corrected chi connectivity index (χ4v) is 3.22. The second-order valence-corrected chi connectivity index (χ2v) is 7.35. The van der Waals surface area contributed by atoms with Crippen LogP contribution in [0.4, 0.5) is 0 Å². The summed E-state index contributed by atoms with van der Waals surface area (Å²) in [6, 6.07) is 14.9. The molecule has 0 saturated carbocycles. The monoisotopic (exact) mass is 349 g/mol. The Balaban J connectivity index is 1.65. The summed E-state index contributed by atoms with van der Waals surface area (Å²) in [4.78, 5) is 12.8. The average Bonchev–Trinajstić information content (AvgIpc) is 2.64. The lowest BCUT2D eigenvalue weighted by molar-refractivity contribution is -0.294. The third-order valence-electron chi connectivity index (χ3n) is 4.70. The maximum absolute atomic E-state index is 12.8. The number of hydrogen-bond acceptors (Lipinski definition) is 5. The van der Waals surface area contributed by atoms with Crippen LogP contribution in [0, 0.1) is 11.3 Å². The summed E-state index contributed by atoms with van der Waals surface area (Å²) in [5.74, 6) is -0.570. The first-order valence-corrected chi connectivity index (χ1v) is 8.55. The van der Waals surface area contributed by atoms with Crippen LogP contribution in [0.15, 0.2) is 42.5 Å². The molecule has 2 aromatic rings. The van der Waals surface area contributed by atoms with Gasteiger partial charge in [-0.25, -0.2) is 0 Å². The summed E-state index contributed by atoms with van der Waals surface area (Å²) >= 11 is 0. The van der Waals surface area contributed by atoms with Crippen LogP contribution >= 0.6 is 0 Å². The van der Waals surface area contributed by atoms with Gasteiger partial charge in [0.05, 0.1) is 35.8 Å². The van der Waals surface area contributed by atoms with Gasteiger partial charge in [-0.2, -0.15) is 5.26 Å². The molecule has 2 aliphatic rings. The number of ketones is 1. The molecule has 2 aromatic carbocycles. The summed E-state index contributed by atoms with van der Waals surface area (Å²) in [6.07, 6.45) is 0.123. The second-order valence-electron chi connectivity index (χ2n) is 7.35. The average molecular weight is 349 g/mol. The van der Waals surface area contributed by atoms with Crippen LogP contribution in [0.25, 0.3) is 11.1 Å². The SMILES string of the molecule is CC1(C)COC2(CO1)CC(=O)c1cc(-c3cccc(C#N)c3)ccc1O2. The van der Waals surface area contributed by atoms with Crippen molar-refractivity contribution in [2.24, 2.45) is 0 Å². The summed E-state index contributed by atoms with van der Waals surface area (Å²) in [5.41, 5.74) is 2.49. The van der Waals surface area contributed by atoms with Gasteiger partial charge in [-0.05, 0) is 49.2 Å². The van der Waals surface area contributed by atoms with Crippen molar-refractivity contribution >= 4 is 5.78 Å². The Labute approximate surface area is 152 Å². The Morgan fingerprint density at radius 2 is 1.85 bits per heavy atom. The van der Waals surface area contributed by atoms with Crippen LogP contribution in [0.2, 0.25) is 0 Å². The van der Waals surface area contributed by atoms with E-state index in [-0.39, 0.29) is 24.4 Å². The zero-order valence-electron chi connectivity index (χ0n) is 14.7. The highest BCUT2D eigenvalue weighted by atomic mass is 16.7. The predicted molar refractivity (Wildman–Crippen MR) is 94.9 cm³/mol. The number of hydrogen-bond donors (Lipinski definition) is 0. The molecule has 1 fully saturated rings. The van der Waals surface area contributed by atoms with E-state index in [1.807, 2.05) is 38.1 Å². The van der Waals surface area contributed by atoms with Crippen molar-refractivity contribution in [1.29, 1.82) is 5.26 Å². The molecule has 2 aliphatic heterocycles. The van der Waals surface area contributed by atoms with Gasteiger partial charge >= 0.3 is 0 Å². The number of carbonyl (C=O) groups is 1. The van der Waals surface area contributed by atoms with E-state index in [4.69, 9.17) is 19.5 Å². The molecule has 0 bridgehead atoms. The molecule has 0 N–H and O–H groups in total. The molecule has 2 heterocycles. The third kappa shape index (κ3) is 2.98. The predicted octanol–water partition coefficient (Wildman–Crippen LogP) is 3.71. The summed E-state index contributed by atoms with van der Waals surface area (Å²) in [7, 11) is 0. The molecule has 1 spiro atoms. The molecule has 132 valence electrons. The first-order valence-electron chi connectivity index (χ1n) is 8.55. The molecule has 5 heteroatoms. The van der Waals surface area contributed by atoms with Gasteiger partial charge < -0.3 is 14.2 Å². The zero-order valence-corrected chi connectivity index (χ0v) is 14.7. The van der Waals surface area contributed by atoms with Crippen molar-refractivity contribution in [2.75, 3.05) is 13.2 Å². The number of ether oxygens (including phenoxy) is 3. The van der Waals surface area contributed by atoms with Gasteiger partial charge in [0, 0.05) is 0 Å². The van der Waals surface area contributed by atoms with E-state index in [1.165, 1.54) is 0 Å². The van der Waals surface area contributed by atoms with Crippen molar-refractivity contribution < 1.29 is 19.0 Å². The number of Topliss-reactive ketones (excluding diaryl/α,β-unsaturated/α-hetero) is 1. The first kappa shape index (κ1) is 16.8. The molecule has 0 radical (unpaired) electrons. The lowest BCUT2D eigenvalue weighted by Gasteiger charge is -2.44. The van der Waals surface area contributed by atoms with Gasteiger partial charge in [0.25, 0.3) is 0 Å². The quantitative estimate of drug-likeness (QED) is 0.785. The minimum Gasteiger partial charge on any atom is -0.459 e. The highest BCUT2D eigenvalue weighted by Gasteiger charge is 2.47. The minimum atomic E-state index is -1.04. The Hall–Kier alpha value is -2.68. The normalized spacial score (nSPS) is 23.8. The Morgan fingerprint density at radius 1 is 1.04 bits per heavy atom. The summed E-state index contributed by atoms with van der Waals surface area (Å²) in [6.45, 7) is 4.48. The van der Waals surface area contributed by atoms with E-state index in [9.17, 15) is 4.79 Å². The van der Waals surface area contributed by atoms with Gasteiger partial charge in [-0.3, -0.25) is 4.79 Å². The number of benzene rings is 2. The van der Waals surface area contributed by atoms with E-state index in [0.29, 0.717) is 23.5 Å². The molecule has 4 rings (SSSR count). The van der Waals surface area contributed by atoms with E-state index in [1.54, 1.807) is 18.2 Å². The number of nitriles is 1. The lowest BCUT2D eigenvalue weighted by Crippen LogP contribution is -2.56. The molecule has 26 heavy (non-hydrogen) atoms. The summed E-state index contributed by atoms with van der Waals surface area (Å²) in [5, 5.41) is 9.07. The fraction of sp³-hybridized carbons (Fsp3) is 0.333. The molecule has 1 unspecified atom stereocenters. The molecule has 0 aromatic heterocycles. The van der Waals surface area contributed by atoms with Gasteiger partial charge in [-0.15, -0.1) is 0 Å². The highest BCUT2D eigenvalue weighted by molar-refractivity contribution is 6.01. The van der Waals surface area contributed by atoms with Crippen LogP contribution in [0.1, 0.15) is 36.2 Å². The van der Waals surface area contributed by atoms with Gasteiger partial charge in [-0.1, -0.05) is 18.2 Å². The van der Waals surface area contributed by atoms with Crippen molar-refractivity contribution in [2.45, 2.75) is 31.7 Å².